The SMILES string of the molecule is Nc1cc(Cl)c2c(c1)C(=O)c1ccccc1C2=O. The van der Waals surface area contributed by atoms with Gasteiger partial charge in [0.2, 0.25) is 0 Å². The summed E-state index contributed by atoms with van der Waals surface area (Å²) in [7, 11) is 0. The van der Waals surface area contributed by atoms with Gasteiger partial charge in [-0.05, 0) is 12.1 Å². The molecule has 0 spiro atoms. The molecule has 0 aliphatic heterocycles. The molecule has 1 aliphatic rings. The number of hydrogen-bond donors (Lipinski definition) is 1. The summed E-state index contributed by atoms with van der Waals surface area (Å²) in [5.74, 6) is -0.445. The first-order valence-electron chi connectivity index (χ1n) is 5.37. The third-order valence-electron chi connectivity index (χ3n) is 3.00. The highest BCUT2D eigenvalue weighted by atomic mass is 35.5. The fraction of sp³-hybridized carbons (Fsp3) is 0. The van der Waals surface area contributed by atoms with E-state index in [0.29, 0.717) is 16.8 Å². The van der Waals surface area contributed by atoms with Crippen molar-refractivity contribution < 1.29 is 9.59 Å². The first-order chi connectivity index (χ1) is 8.59. The summed E-state index contributed by atoms with van der Waals surface area (Å²) >= 11 is 6.02. The number of ketones is 2. The summed E-state index contributed by atoms with van der Waals surface area (Å²) in [5.41, 5.74) is 7.35. The first kappa shape index (κ1) is 11.0. The van der Waals surface area contributed by atoms with Gasteiger partial charge in [-0.2, -0.15) is 0 Å². The fourth-order valence-electron chi connectivity index (χ4n) is 2.20. The number of nitrogen functional groups attached to an aromatic ring is 1. The molecule has 0 atom stereocenters. The van der Waals surface area contributed by atoms with Crippen molar-refractivity contribution >= 4 is 28.9 Å². The van der Waals surface area contributed by atoms with Crippen LogP contribution in [0.4, 0.5) is 5.69 Å². The first-order valence-corrected chi connectivity index (χ1v) is 5.75. The molecule has 2 N–H and O–H groups in total. The Morgan fingerprint density at radius 1 is 0.889 bits per heavy atom. The van der Waals surface area contributed by atoms with Gasteiger partial charge >= 0.3 is 0 Å². The lowest BCUT2D eigenvalue weighted by Crippen LogP contribution is -2.21. The Bertz CT molecular complexity index is 707. The molecule has 0 fully saturated rings. The van der Waals surface area contributed by atoms with E-state index < -0.39 is 0 Å². The van der Waals surface area contributed by atoms with E-state index >= 15 is 0 Å². The second-order valence-electron chi connectivity index (χ2n) is 4.13. The van der Waals surface area contributed by atoms with E-state index in [4.69, 9.17) is 17.3 Å². The minimum absolute atomic E-state index is 0.214. The highest BCUT2D eigenvalue weighted by Crippen LogP contribution is 2.33. The number of benzene rings is 2. The van der Waals surface area contributed by atoms with E-state index in [1.54, 1.807) is 24.3 Å². The molecular weight excluding hydrogens is 250 g/mol. The molecule has 0 saturated heterocycles. The summed E-state index contributed by atoms with van der Waals surface area (Å²) in [5, 5.41) is 0.220. The predicted molar refractivity (Wildman–Crippen MR) is 69.2 cm³/mol. The van der Waals surface area contributed by atoms with Crippen molar-refractivity contribution in [2.24, 2.45) is 0 Å². The van der Waals surface area contributed by atoms with Crippen LogP contribution in [0.5, 0.6) is 0 Å². The van der Waals surface area contributed by atoms with Crippen LogP contribution in [0.3, 0.4) is 0 Å². The number of rotatable bonds is 0. The van der Waals surface area contributed by atoms with Gasteiger partial charge in [0.1, 0.15) is 0 Å². The number of nitrogens with two attached hydrogens (primary N) is 1. The molecule has 2 aromatic rings. The molecule has 18 heavy (non-hydrogen) atoms. The lowest BCUT2D eigenvalue weighted by molar-refractivity contribution is 0.0979. The van der Waals surface area contributed by atoms with E-state index in [-0.39, 0.29) is 27.7 Å². The number of carbonyl (C=O) groups excluding carboxylic acids is 2. The van der Waals surface area contributed by atoms with E-state index in [2.05, 4.69) is 0 Å². The van der Waals surface area contributed by atoms with Gasteiger partial charge in [0, 0.05) is 22.4 Å². The Labute approximate surface area is 108 Å². The Morgan fingerprint density at radius 3 is 2.17 bits per heavy atom. The molecule has 0 saturated carbocycles. The number of anilines is 1. The highest BCUT2D eigenvalue weighted by molar-refractivity contribution is 6.39. The zero-order chi connectivity index (χ0) is 12.9. The van der Waals surface area contributed by atoms with Crippen LogP contribution in [0.25, 0.3) is 0 Å². The summed E-state index contributed by atoms with van der Waals surface area (Å²) in [6, 6.07) is 9.70. The van der Waals surface area contributed by atoms with E-state index in [0.717, 1.165) is 0 Å². The third kappa shape index (κ3) is 1.38. The molecule has 2 aromatic carbocycles. The van der Waals surface area contributed by atoms with E-state index in [1.807, 2.05) is 0 Å². The zero-order valence-corrected chi connectivity index (χ0v) is 9.99. The van der Waals surface area contributed by atoms with Gasteiger partial charge in [0.25, 0.3) is 0 Å². The van der Waals surface area contributed by atoms with Gasteiger partial charge in [-0.15, -0.1) is 0 Å². The van der Waals surface area contributed by atoms with Crippen LogP contribution in [0, 0.1) is 0 Å². The lowest BCUT2D eigenvalue weighted by Gasteiger charge is -2.18. The van der Waals surface area contributed by atoms with Gasteiger partial charge in [0.05, 0.1) is 10.6 Å². The largest absolute Gasteiger partial charge is 0.399 e. The maximum atomic E-state index is 12.3. The topological polar surface area (TPSA) is 60.2 Å². The van der Waals surface area contributed by atoms with Crippen molar-refractivity contribution in [1.82, 2.24) is 0 Å². The Hall–Kier alpha value is -2.13. The molecule has 1 aliphatic carbocycles. The number of halogens is 1. The molecule has 0 aromatic heterocycles. The maximum absolute atomic E-state index is 12.3. The van der Waals surface area contributed by atoms with Crippen LogP contribution in [0.1, 0.15) is 31.8 Å². The average Bonchev–Trinajstić information content (AvgIpc) is 2.35. The maximum Gasteiger partial charge on any atom is 0.196 e. The Kier molecular flexibility index (Phi) is 2.25. The molecule has 0 heterocycles. The fourth-order valence-corrected chi connectivity index (χ4v) is 2.51. The summed E-state index contributed by atoms with van der Waals surface area (Å²) in [6.45, 7) is 0. The van der Waals surface area contributed by atoms with Crippen molar-refractivity contribution in [3.8, 4) is 0 Å². The standard InChI is InChI=1S/C14H8ClNO2/c15-11-6-7(16)5-10-12(11)14(18)9-4-2-1-3-8(9)13(10)17/h1-6H,16H2. The van der Waals surface area contributed by atoms with Gasteiger partial charge in [-0.25, -0.2) is 0 Å². The van der Waals surface area contributed by atoms with Gasteiger partial charge in [-0.1, -0.05) is 35.9 Å². The van der Waals surface area contributed by atoms with Crippen LogP contribution in [-0.2, 0) is 0 Å². The minimum Gasteiger partial charge on any atom is -0.399 e. The van der Waals surface area contributed by atoms with Gasteiger partial charge < -0.3 is 5.73 Å². The molecule has 0 bridgehead atoms. The van der Waals surface area contributed by atoms with Gasteiger partial charge in [-0.3, -0.25) is 9.59 Å². The van der Waals surface area contributed by atoms with Crippen LogP contribution in [-0.4, -0.2) is 11.6 Å². The normalized spacial score (nSPS) is 13.2. The lowest BCUT2D eigenvalue weighted by atomic mass is 9.84. The molecule has 3 nitrogen and oxygen atoms in total. The molecule has 0 radical (unpaired) electrons. The summed E-state index contributed by atoms with van der Waals surface area (Å²) < 4.78 is 0. The number of hydrogen-bond acceptors (Lipinski definition) is 3. The number of fused-ring (bicyclic) bond motifs is 2. The van der Waals surface area contributed by atoms with Crippen molar-refractivity contribution in [2.45, 2.75) is 0 Å². The average molecular weight is 258 g/mol. The van der Waals surface area contributed by atoms with Crippen molar-refractivity contribution in [2.75, 3.05) is 5.73 Å². The molecule has 0 amide bonds. The minimum atomic E-state index is -0.231. The van der Waals surface area contributed by atoms with Crippen LogP contribution >= 0.6 is 11.6 Å². The van der Waals surface area contributed by atoms with Crippen molar-refractivity contribution in [3.63, 3.8) is 0 Å². The Balaban J connectivity index is 2.37. The monoisotopic (exact) mass is 257 g/mol. The van der Waals surface area contributed by atoms with Gasteiger partial charge in [0.15, 0.2) is 11.6 Å². The molecule has 0 unspecified atom stereocenters. The predicted octanol–water partition coefficient (Wildman–Crippen LogP) is 2.70. The van der Waals surface area contributed by atoms with Crippen molar-refractivity contribution in [3.05, 3.63) is 63.7 Å². The quantitative estimate of drug-likeness (QED) is 0.630. The van der Waals surface area contributed by atoms with Crippen LogP contribution in [0.15, 0.2) is 36.4 Å². The summed E-state index contributed by atoms with van der Waals surface area (Å²) in [6.07, 6.45) is 0. The molecule has 88 valence electrons. The Morgan fingerprint density at radius 2 is 1.50 bits per heavy atom. The van der Waals surface area contributed by atoms with Crippen molar-refractivity contribution in [1.29, 1.82) is 0 Å². The molecular formula is C14H8ClNO2. The molecule has 3 rings (SSSR count). The number of carbonyl (C=O) groups is 2. The summed E-state index contributed by atoms with van der Waals surface area (Å²) in [4.78, 5) is 24.6. The van der Waals surface area contributed by atoms with Crippen LogP contribution in [0.2, 0.25) is 5.02 Å². The van der Waals surface area contributed by atoms with E-state index in [1.165, 1.54) is 12.1 Å². The second kappa shape index (κ2) is 3.68. The zero-order valence-electron chi connectivity index (χ0n) is 9.24. The smallest absolute Gasteiger partial charge is 0.196 e. The highest BCUT2D eigenvalue weighted by Gasteiger charge is 2.31. The third-order valence-corrected chi connectivity index (χ3v) is 3.30. The van der Waals surface area contributed by atoms with Crippen LogP contribution < -0.4 is 5.73 Å². The van der Waals surface area contributed by atoms with E-state index in [9.17, 15) is 9.59 Å². The molecule has 4 heteroatoms. The second-order valence-corrected chi connectivity index (χ2v) is 4.54.